The molecule has 0 amide bonds. The molecule has 0 aromatic rings. The van der Waals surface area contributed by atoms with E-state index in [1.54, 1.807) is 0 Å². The maximum atomic E-state index is 9.68. The Kier molecular flexibility index (Phi) is 7.35. The zero-order valence-corrected chi connectivity index (χ0v) is 9.71. The second-order valence-electron chi connectivity index (χ2n) is 4.66. The molecule has 0 spiro atoms. The normalized spacial score (nSPS) is 16.2. The molecule has 1 nitrogen and oxygen atoms in total. The van der Waals surface area contributed by atoms with Crippen LogP contribution in [0.15, 0.2) is 0 Å². The topological polar surface area (TPSA) is 20.2 Å². The average Bonchev–Trinajstić information content (AvgIpc) is 2.04. The Morgan fingerprint density at radius 3 is 2.08 bits per heavy atom. The molecule has 1 N–H and O–H groups in total. The molecule has 0 aromatic carbocycles. The number of hydrogen-bond donors (Lipinski definition) is 1. The molecule has 0 aliphatic heterocycles. The van der Waals surface area contributed by atoms with Crippen LogP contribution in [0.2, 0.25) is 0 Å². The minimum Gasteiger partial charge on any atom is -0.393 e. The van der Waals surface area contributed by atoms with E-state index in [1.165, 1.54) is 19.3 Å². The molecule has 0 fully saturated rings. The minimum absolute atomic E-state index is 0.0721. The zero-order valence-electron chi connectivity index (χ0n) is 9.71. The molecule has 0 radical (unpaired) electrons. The van der Waals surface area contributed by atoms with Crippen LogP contribution in [0.3, 0.4) is 0 Å². The Morgan fingerprint density at radius 1 is 1.00 bits per heavy atom. The average molecular weight is 186 g/mol. The number of rotatable bonds is 7. The van der Waals surface area contributed by atoms with Crippen LogP contribution in [0.4, 0.5) is 0 Å². The van der Waals surface area contributed by atoms with Crippen molar-refractivity contribution in [1.82, 2.24) is 0 Å². The molecule has 0 rings (SSSR count). The predicted octanol–water partition coefficient (Wildman–Crippen LogP) is 3.61. The van der Waals surface area contributed by atoms with Crippen molar-refractivity contribution in [3.05, 3.63) is 0 Å². The smallest absolute Gasteiger partial charge is 0.0565 e. The largest absolute Gasteiger partial charge is 0.393 e. The molecule has 0 saturated carbocycles. The second kappa shape index (κ2) is 7.37. The highest BCUT2D eigenvalue weighted by molar-refractivity contribution is 4.64. The SMILES string of the molecule is CCC[C@@H](O)[C@H](C)CCCC(C)C. The first-order chi connectivity index (χ1) is 6.07. The van der Waals surface area contributed by atoms with E-state index < -0.39 is 0 Å². The van der Waals surface area contributed by atoms with E-state index in [9.17, 15) is 5.11 Å². The Balaban J connectivity index is 3.43. The second-order valence-corrected chi connectivity index (χ2v) is 4.66. The Hall–Kier alpha value is -0.0400. The quantitative estimate of drug-likeness (QED) is 0.644. The van der Waals surface area contributed by atoms with Gasteiger partial charge >= 0.3 is 0 Å². The monoisotopic (exact) mass is 186 g/mol. The molecule has 80 valence electrons. The summed E-state index contributed by atoms with van der Waals surface area (Å²) >= 11 is 0. The molecule has 0 unspecified atom stereocenters. The number of hydrogen-bond acceptors (Lipinski definition) is 1. The third-order valence-corrected chi connectivity index (χ3v) is 2.68. The van der Waals surface area contributed by atoms with Crippen molar-refractivity contribution in [2.75, 3.05) is 0 Å². The summed E-state index contributed by atoms with van der Waals surface area (Å²) in [7, 11) is 0. The van der Waals surface area contributed by atoms with Crippen molar-refractivity contribution in [1.29, 1.82) is 0 Å². The molecule has 0 bridgehead atoms. The van der Waals surface area contributed by atoms with E-state index in [0.29, 0.717) is 5.92 Å². The third-order valence-electron chi connectivity index (χ3n) is 2.68. The minimum atomic E-state index is -0.0721. The maximum absolute atomic E-state index is 9.68. The van der Waals surface area contributed by atoms with Crippen LogP contribution < -0.4 is 0 Å². The van der Waals surface area contributed by atoms with Crippen molar-refractivity contribution in [2.24, 2.45) is 11.8 Å². The molecule has 0 aliphatic rings. The van der Waals surface area contributed by atoms with Crippen molar-refractivity contribution in [3.8, 4) is 0 Å². The summed E-state index contributed by atoms with van der Waals surface area (Å²) in [5.74, 6) is 1.29. The van der Waals surface area contributed by atoms with Gasteiger partial charge in [-0.2, -0.15) is 0 Å². The van der Waals surface area contributed by atoms with Gasteiger partial charge in [-0.1, -0.05) is 47.0 Å². The van der Waals surface area contributed by atoms with E-state index in [0.717, 1.165) is 18.8 Å². The van der Waals surface area contributed by atoms with Crippen LogP contribution in [-0.4, -0.2) is 11.2 Å². The fourth-order valence-corrected chi connectivity index (χ4v) is 1.62. The fourth-order valence-electron chi connectivity index (χ4n) is 1.62. The van der Waals surface area contributed by atoms with Gasteiger partial charge in [0, 0.05) is 0 Å². The Bertz CT molecular complexity index is 110. The van der Waals surface area contributed by atoms with Crippen molar-refractivity contribution < 1.29 is 5.11 Å². The summed E-state index contributed by atoms with van der Waals surface area (Å²) in [6, 6.07) is 0. The maximum Gasteiger partial charge on any atom is 0.0565 e. The fraction of sp³-hybridized carbons (Fsp3) is 1.00. The van der Waals surface area contributed by atoms with Crippen LogP contribution in [0, 0.1) is 11.8 Å². The molecule has 0 saturated heterocycles. The Labute approximate surface area is 83.5 Å². The molecule has 2 atom stereocenters. The van der Waals surface area contributed by atoms with Gasteiger partial charge in [0.1, 0.15) is 0 Å². The van der Waals surface area contributed by atoms with E-state index in [-0.39, 0.29) is 6.10 Å². The van der Waals surface area contributed by atoms with Crippen LogP contribution in [0.1, 0.15) is 59.8 Å². The summed E-state index contributed by atoms with van der Waals surface area (Å²) in [4.78, 5) is 0. The van der Waals surface area contributed by atoms with E-state index in [2.05, 4.69) is 27.7 Å². The van der Waals surface area contributed by atoms with Crippen LogP contribution >= 0.6 is 0 Å². The van der Waals surface area contributed by atoms with Gasteiger partial charge in [0.25, 0.3) is 0 Å². The van der Waals surface area contributed by atoms with E-state index in [1.807, 2.05) is 0 Å². The lowest BCUT2D eigenvalue weighted by molar-refractivity contribution is 0.100. The van der Waals surface area contributed by atoms with Gasteiger partial charge in [0.2, 0.25) is 0 Å². The molecule has 0 aliphatic carbocycles. The van der Waals surface area contributed by atoms with Gasteiger partial charge in [-0.3, -0.25) is 0 Å². The highest BCUT2D eigenvalue weighted by Crippen LogP contribution is 2.17. The van der Waals surface area contributed by atoms with Gasteiger partial charge in [0.05, 0.1) is 6.10 Å². The van der Waals surface area contributed by atoms with E-state index in [4.69, 9.17) is 0 Å². The standard InChI is InChI=1S/C12H26O/c1-5-7-12(13)11(4)9-6-8-10(2)3/h10-13H,5-9H2,1-4H3/t11-,12-/m1/s1. The van der Waals surface area contributed by atoms with Crippen molar-refractivity contribution in [3.63, 3.8) is 0 Å². The molecule has 0 aromatic heterocycles. The van der Waals surface area contributed by atoms with Crippen LogP contribution in [-0.2, 0) is 0 Å². The first-order valence-corrected chi connectivity index (χ1v) is 5.76. The summed E-state index contributed by atoms with van der Waals surface area (Å²) < 4.78 is 0. The molecular formula is C12H26O. The lowest BCUT2D eigenvalue weighted by Gasteiger charge is -2.18. The third kappa shape index (κ3) is 7.06. The first kappa shape index (κ1) is 13.0. The van der Waals surface area contributed by atoms with Gasteiger partial charge in [0.15, 0.2) is 0 Å². The lowest BCUT2D eigenvalue weighted by atomic mass is 9.93. The van der Waals surface area contributed by atoms with Crippen molar-refractivity contribution in [2.45, 2.75) is 65.9 Å². The van der Waals surface area contributed by atoms with Crippen molar-refractivity contribution >= 4 is 0 Å². The van der Waals surface area contributed by atoms with Gasteiger partial charge < -0.3 is 5.11 Å². The lowest BCUT2D eigenvalue weighted by Crippen LogP contribution is -2.17. The van der Waals surface area contributed by atoms with Gasteiger partial charge in [-0.25, -0.2) is 0 Å². The summed E-state index contributed by atoms with van der Waals surface area (Å²) in [6.07, 6.45) is 5.72. The highest BCUT2D eigenvalue weighted by atomic mass is 16.3. The summed E-state index contributed by atoms with van der Waals surface area (Å²) in [5.41, 5.74) is 0. The molecule has 0 heterocycles. The zero-order chi connectivity index (χ0) is 10.3. The number of aliphatic hydroxyl groups is 1. The van der Waals surface area contributed by atoms with Gasteiger partial charge in [-0.15, -0.1) is 0 Å². The summed E-state index contributed by atoms with van der Waals surface area (Å²) in [6.45, 7) is 8.81. The molecular weight excluding hydrogens is 160 g/mol. The molecule has 13 heavy (non-hydrogen) atoms. The van der Waals surface area contributed by atoms with E-state index >= 15 is 0 Å². The van der Waals surface area contributed by atoms with Gasteiger partial charge in [-0.05, 0) is 24.7 Å². The highest BCUT2D eigenvalue weighted by Gasteiger charge is 2.12. The predicted molar refractivity (Wildman–Crippen MR) is 58.8 cm³/mol. The first-order valence-electron chi connectivity index (χ1n) is 5.76. The molecule has 1 heteroatoms. The Morgan fingerprint density at radius 2 is 1.62 bits per heavy atom. The number of aliphatic hydroxyl groups excluding tert-OH is 1. The summed E-state index contributed by atoms with van der Waals surface area (Å²) in [5, 5.41) is 9.68. The van der Waals surface area contributed by atoms with Crippen LogP contribution in [0.5, 0.6) is 0 Å². The van der Waals surface area contributed by atoms with Crippen LogP contribution in [0.25, 0.3) is 0 Å².